The van der Waals surface area contributed by atoms with E-state index >= 15 is 0 Å². The SMILES string of the molecule is CC(=O)Nc1ccc(F)cc1OC[C@H](O)CN1CCC2(CC1)Cc1cc(Cl)ccc1O2. The number of fused-ring (bicyclic) bond motifs is 1. The number of piperidine rings is 1. The van der Waals surface area contributed by atoms with Gasteiger partial charge in [0.25, 0.3) is 0 Å². The van der Waals surface area contributed by atoms with Crippen molar-refractivity contribution in [3.05, 3.63) is 52.8 Å². The molecular weight excluding hydrogens is 423 g/mol. The van der Waals surface area contributed by atoms with Crippen LogP contribution in [0.2, 0.25) is 5.02 Å². The van der Waals surface area contributed by atoms with Crippen LogP contribution in [0.5, 0.6) is 11.5 Å². The number of amides is 1. The van der Waals surface area contributed by atoms with Gasteiger partial charge in [-0.15, -0.1) is 0 Å². The summed E-state index contributed by atoms with van der Waals surface area (Å²) in [4.78, 5) is 13.5. The number of nitrogens with one attached hydrogen (secondary N) is 1. The van der Waals surface area contributed by atoms with Crippen molar-refractivity contribution in [2.24, 2.45) is 0 Å². The highest BCUT2D eigenvalue weighted by molar-refractivity contribution is 6.30. The molecule has 2 aliphatic heterocycles. The number of rotatable bonds is 6. The quantitative estimate of drug-likeness (QED) is 0.706. The molecule has 1 atom stereocenters. The van der Waals surface area contributed by atoms with Crippen molar-refractivity contribution in [2.75, 3.05) is 31.6 Å². The van der Waals surface area contributed by atoms with Gasteiger partial charge in [0.1, 0.15) is 35.6 Å². The standard InChI is InChI=1S/C23H26ClFN2O4/c1-15(28)26-20-4-3-18(25)11-22(20)30-14-19(29)13-27-8-6-23(7-9-27)12-16-10-17(24)2-5-21(16)31-23/h2-5,10-11,19,29H,6-9,12-14H2,1H3,(H,26,28)/t19-/m1/s1. The Morgan fingerprint density at radius 1 is 1.32 bits per heavy atom. The van der Waals surface area contributed by atoms with E-state index in [4.69, 9.17) is 21.1 Å². The maximum Gasteiger partial charge on any atom is 0.221 e. The Balaban J connectivity index is 1.27. The molecule has 0 aliphatic carbocycles. The Morgan fingerprint density at radius 2 is 2.10 bits per heavy atom. The zero-order valence-corrected chi connectivity index (χ0v) is 18.1. The lowest BCUT2D eigenvalue weighted by atomic mass is 9.87. The molecule has 2 aromatic carbocycles. The Hall–Kier alpha value is -2.35. The van der Waals surface area contributed by atoms with Crippen LogP contribution in [0.3, 0.4) is 0 Å². The van der Waals surface area contributed by atoms with Crippen molar-refractivity contribution >= 4 is 23.2 Å². The van der Waals surface area contributed by atoms with Gasteiger partial charge >= 0.3 is 0 Å². The lowest BCUT2D eigenvalue weighted by Gasteiger charge is -2.39. The number of β-amino-alcohol motifs (C(OH)–C–C–N with tert-alkyl or cyclic N) is 1. The summed E-state index contributed by atoms with van der Waals surface area (Å²) in [7, 11) is 0. The molecule has 0 radical (unpaired) electrons. The molecule has 31 heavy (non-hydrogen) atoms. The third-order valence-corrected chi connectivity index (χ3v) is 6.02. The molecule has 2 N–H and O–H groups in total. The fourth-order valence-corrected chi connectivity index (χ4v) is 4.46. The van der Waals surface area contributed by atoms with Crippen LogP contribution in [-0.4, -0.2) is 53.9 Å². The maximum atomic E-state index is 13.6. The Bertz CT molecular complexity index is 963. The van der Waals surface area contributed by atoms with Crippen LogP contribution in [0.1, 0.15) is 25.3 Å². The summed E-state index contributed by atoms with van der Waals surface area (Å²) in [6.07, 6.45) is 1.84. The summed E-state index contributed by atoms with van der Waals surface area (Å²) >= 11 is 6.10. The van der Waals surface area contributed by atoms with Gasteiger partial charge in [-0.2, -0.15) is 0 Å². The largest absolute Gasteiger partial charge is 0.489 e. The van der Waals surface area contributed by atoms with E-state index in [0.717, 1.165) is 48.7 Å². The summed E-state index contributed by atoms with van der Waals surface area (Å²) in [5, 5.41) is 13.8. The molecule has 0 aromatic heterocycles. The number of ether oxygens (including phenoxy) is 2. The van der Waals surface area contributed by atoms with E-state index in [2.05, 4.69) is 10.2 Å². The Labute approximate surface area is 185 Å². The van der Waals surface area contributed by atoms with E-state index in [1.165, 1.54) is 25.1 Å². The van der Waals surface area contributed by atoms with Gasteiger partial charge in [0, 0.05) is 56.9 Å². The molecule has 1 spiro atoms. The molecule has 0 unspecified atom stereocenters. The van der Waals surface area contributed by atoms with Gasteiger partial charge in [0.15, 0.2) is 0 Å². The van der Waals surface area contributed by atoms with Crippen molar-refractivity contribution < 1.29 is 23.8 Å². The minimum absolute atomic E-state index is 0.00186. The molecule has 1 amide bonds. The van der Waals surface area contributed by atoms with Gasteiger partial charge in [-0.1, -0.05) is 11.6 Å². The van der Waals surface area contributed by atoms with E-state index in [0.29, 0.717) is 12.2 Å². The first-order chi connectivity index (χ1) is 14.8. The van der Waals surface area contributed by atoms with Gasteiger partial charge in [-0.3, -0.25) is 4.79 Å². The summed E-state index contributed by atoms with van der Waals surface area (Å²) in [6.45, 7) is 3.41. The first kappa shape index (κ1) is 21.9. The van der Waals surface area contributed by atoms with Gasteiger partial charge in [0.2, 0.25) is 5.91 Å². The predicted octanol–water partition coefficient (Wildman–Crippen LogP) is 3.65. The molecule has 1 fully saturated rings. The van der Waals surface area contributed by atoms with Gasteiger partial charge in [-0.25, -0.2) is 4.39 Å². The number of nitrogens with zero attached hydrogens (tertiary/aromatic N) is 1. The number of hydrogen-bond acceptors (Lipinski definition) is 5. The fourth-order valence-electron chi connectivity index (χ4n) is 4.27. The van der Waals surface area contributed by atoms with Crippen molar-refractivity contribution in [2.45, 2.75) is 37.9 Å². The molecule has 0 saturated carbocycles. The topological polar surface area (TPSA) is 71.0 Å². The Morgan fingerprint density at radius 3 is 2.84 bits per heavy atom. The van der Waals surface area contributed by atoms with Gasteiger partial charge in [0.05, 0.1) is 5.69 Å². The van der Waals surface area contributed by atoms with Crippen LogP contribution in [0.15, 0.2) is 36.4 Å². The third kappa shape index (κ3) is 5.29. The number of aliphatic hydroxyl groups is 1. The number of likely N-dealkylation sites (tertiary alicyclic amines) is 1. The smallest absolute Gasteiger partial charge is 0.221 e. The zero-order valence-electron chi connectivity index (χ0n) is 17.4. The normalized spacial score (nSPS) is 18.3. The Kier molecular flexibility index (Phi) is 6.36. The van der Waals surface area contributed by atoms with Gasteiger partial charge in [-0.05, 0) is 35.9 Å². The molecule has 1 saturated heterocycles. The third-order valence-electron chi connectivity index (χ3n) is 5.78. The molecule has 166 valence electrons. The van der Waals surface area contributed by atoms with Crippen molar-refractivity contribution in [3.8, 4) is 11.5 Å². The van der Waals surface area contributed by atoms with E-state index in [9.17, 15) is 14.3 Å². The highest BCUT2D eigenvalue weighted by atomic mass is 35.5. The zero-order chi connectivity index (χ0) is 22.0. The summed E-state index contributed by atoms with van der Waals surface area (Å²) in [5.74, 6) is 0.357. The number of aliphatic hydroxyl groups excluding tert-OH is 1. The van der Waals surface area contributed by atoms with Crippen LogP contribution in [-0.2, 0) is 11.2 Å². The highest BCUT2D eigenvalue weighted by Gasteiger charge is 2.42. The highest BCUT2D eigenvalue weighted by Crippen LogP contribution is 2.41. The number of anilines is 1. The first-order valence-corrected chi connectivity index (χ1v) is 10.8. The second-order valence-corrected chi connectivity index (χ2v) is 8.74. The molecule has 4 rings (SSSR count). The van der Waals surface area contributed by atoms with Crippen LogP contribution in [0.25, 0.3) is 0 Å². The van der Waals surface area contributed by atoms with E-state index in [1.807, 2.05) is 18.2 Å². The number of carbonyl (C=O) groups excluding carboxylic acids is 1. The number of benzene rings is 2. The van der Waals surface area contributed by atoms with Crippen molar-refractivity contribution in [1.29, 1.82) is 0 Å². The number of hydrogen-bond donors (Lipinski definition) is 2. The molecule has 8 heteroatoms. The number of halogens is 2. The maximum absolute atomic E-state index is 13.6. The number of carbonyl (C=O) groups is 1. The van der Waals surface area contributed by atoms with Crippen LogP contribution < -0.4 is 14.8 Å². The minimum atomic E-state index is -0.747. The predicted molar refractivity (Wildman–Crippen MR) is 116 cm³/mol. The van der Waals surface area contributed by atoms with Crippen molar-refractivity contribution in [3.63, 3.8) is 0 Å². The minimum Gasteiger partial charge on any atom is -0.489 e. The van der Waals surface area contributed by atoms with E-state index in [1.54, 1.807) is 0 Å². The van der Waals surface area contributed by atoms with Crippen LogP contribution in [0, 0.1) is 5.82 Å². The molecular formula is C23H26ClFN2O4. The molecule has 2 aliphatic rings. The second kappa shape index (κ2) is 9.02. The fraction of sp³-hybridized carbons (Fsp3) is 0.435. The van der Waals surface area contributed by atoms with Crippen LogP contribution >= 0.6 is 11.6 Å². The molecule has 0 bridgehead atoms. The van der Waals surface area contributed by atoms with Gasteiger partial charge < -0.3 is 24.8 Å². The molecule has 2 heterocycles. The first-order valence-electron chi connectivity index (χ1n) is 10.4. The lowest BCUT2D eigenvalue weighted by molar-refractivity contribution is -0.114. The van der Waals surface area contributed by atoms with E-state index in [-0.39, 0.29) is 23.9 Å². The average Bonchev–Trinajstić information content (AvgIpc) is 3.06. The summed E-state index contributed by atoms with van der Waals surface area (Å²) < 4.78 is 25.4. The van der Waals surface area contributed by atoms with E-state index < -0.39 is 11.9 Å². The second-order valence-electron chi connectivity index (χ2n) is 8.30. The summed E-state index contributed by atoms with van der Waals surface area (Å²) in [6, 6.07) is 9.64. The monoisotopic (exact) mass is 448 g/mol. The average molecular weight is 449 g/mol. The lowest BCUT2D eigenvalue weighted by Crippen LogP contribution is -2.49. The summed E-state index contributed by atoms with van der Waals surface area (Å²) in [5.41, 5.74) is 1.33. The van der Waals surface area contributed by atoms with Crippen LogP contribution in [0.4, 0.5) is 10.1 Å². The molecule has 6 nitrogen and oxygen atoms in total. The van der Waals surface area contributed by atoms with Crippen molar-refractivity contribution in [1.82, 2.24) is 4.90 Å². The molecule has 2 aromatic rings.